The van der Waals surface area contributed by atoms with Gasteiger partial charge < -0.3 is 10.1 Å². The number of rotatable bonds is 5. The van der Waals surface area contributed by atoms with Gasteiger partial charge in [0.05, 0.1) is 13.2 Å². The van der Waals surface area contributed by atoms with E-state index in [2.05, 4.69) is 20.7 Å². The molecule has 2 saturated carbocycles. The van der Waals surface area contributed by atoms with Gasteiger partial charge in [-0.05, 0) is 43.7 Å². The second kappa shape index (κ2) is 7.09. The van der Waals surface area contributed by atoms with Crippen molar-refractivity contribution in [2.24, 2.45) is 5.41 Å². The Morgan fingerprint density at radius 3 is 2.48 bits per heavy atom. The van der Waals surface area contributed by atoms with E-state index in [-0.39, 0.29) is 18.0 Å². The number of benzene rings is 1. The highest BCUT2D eigenvalue weighted by Crippen LogP contribution is 2.47. The molecule has 1 amide bonds. The lowest BCUT2D eigenvalue weighted by Gasteiger charge is -2.29. The number of nitrogens with one attached hydrogen (secondary N) is 1. The fraction of sp³-hybridized carbons (Fsp3) is 0.526. The zero-order valence-electron chi connectivity index (χ0n) is 15.3. The number of esters is 1. The van der Waals surface area contributed by atoms with E-state index < -0.39 is 11.4 Å². The molecule has 0 unspecified atom stereocenters. The van der Waals surface area contributed by atoms with Crippen molar-refractivity contribution in [3.8, 4) is 11.4 Å². The van der Waals surface area contributed by atoms with Gasteiger partial charge in [0, 0.05) is 11.6 Å². The van der Waals surface area contributed by atoms with Gasteiger partial charge in [0.2, 0.25) is 11.7 Å². The molecule has 2 aliphatic carbocycles. The first-order valence-corrected chi connectivity index (χ1v) is 9.37. The molecule has 0 radical (unpaired) electrons. The average Bonchev–Trinajstić information content (AvgIpc) is 3.39. The van der Waals surface area contributed by atoms with Crippen molar-refractivity contribution in [1.29, 1.82) is 0 Å². The summed E-state index contributed by atoms with van der Waals surface area (Å²) in [6, 6.07) is 10.0. The topological polar surface area (TPSA) is 99.0 Å². The van der Waals surface area contributed by atoms with Crippen molar-refractivity contribution >= 4 is 11.9 Å². The Bertz CT molecular complexity index is 823. The van der Waals surface area contributed by atoms with Crippen molar-refractivity contribution in [2.75, 3.05) is 7.11 Å². The van der Waals surface area contributed by atoms with Crippen LogP contribution in [0.15, 0.2) is 30.3 Å². The molecular weight excluding hydrogens is 346 g/mol. The Morgan fingerprint density at radius 1 is 1.15 bits per heavy atom. The molecule has 142 valence electrons. The fourth-order valence-electron chi connectivity index (χ4n) is 3.70. The van der Waals surface area contributed by atoms with Gasteiger partial charge in [-0.15, -0.1) is 10.2 Å². The van der Waals surface area contributed by atoms with E-state index in [9.17, 15) is 9.59 Å². The molecule has 0 aliphatic heterocycles. The Kier molecular flexibility index (Phi) is 4.63. The van der Waals surface area contributed by atoms with Crippen molar-refractivity contribution < 1.29 is 14.3 Å². The Hall–Kier alpha value is -2.77. The van der Waals surface area contributed by atoms with Gasteiger partial charge in [-0.2, -0.15) is 4.80 Å². The maximum Gasteiger partial charge on any atom is 0.321 e. The molecule has 0 atom stereocenters. The lowest BCUT2D eigenvalue weighted by Crippen LogP contribution is -2.44. The van der Waals surface area contributed by atoms with Crippen LogP contribution < -0.4 is 5.32 Å². The van der Waals surface area contributed by atoms with E-state index in [0.29, 0.717) is 18.7 Å². The van der Waals surface area contributed by atoms with Gasteiger partial charge in [-0.1, -0.05) is 30.3 Å². The minimum atomic E-state index is -0.941. The summed E-state index contributed by atoms with van der Waals surface area (Å²) in [5.74, 6) is 0.0109. The maximum absolute atomic E-state index is 12.5. The first-order chi connectivity index (χ1) is 13.1. The molecule has 8 nitrogen and oxygen atoms in total. The SMILES string of the molecule is COC(=O)C1(C(=O)NC2CCC(n3nnc(-c4ccccc4)n3)CC2)CC1. The van der Waals surface area contributed by atoms with E-state index in [1.165, 1.54) is 7.11 Å². The fourth-order valence-corrected chi connectivity index (χ4v) is 3.70. The molecule has 1 heterocycles. The van der Waals surface area contributed by atoms with Crippen LogP contribution in [0.25, 0.3) is 11.4 Å². The molecule has 1 N–H and O–H groups in total. The van der Waals surface area contributed by atoms with Crippen LogP contribution in [-0.4, -0.2) is 45.2 Å². The number of methoxy groups -OCH3 is 1. The van der Waals surface area contributed by atoms with E-state index >= 15 is 0 Å². The first-order valence-electron chi connectivity index (χ1n) is 9.37. The standard InChI is InChI=1S/C19H23N5O3/c1-27-18(26)19(11-12-19)17(25)20-14-7-9-15(10-8-14)24-22-16(21-23-24)13-5-3-2-4-6-13/h2-6,14-15H,7-12H2,1H3,(H,20,25). The number of carbonyl (C=O) groups excluding carboxylic acids is 2. The molecule has 1 aromatic heterocycles. The highest BCUT2D eigenvalue weighted by molar-refractivity contribution is 6.05. The second-order valence-corrected chi connectivity index (χ2v) is 7.35. The number of tetrazole rings is 1. The second-order valence-electron chi connectivity index (χ2n) is 7.35. The first kappa shape index (κ1) is 17.6. The van der Waals surface area contributed by atoms with Crippen LogP contribution in [-0.2, 0) is 14.3 Å². The monoisotopic (exact) mass is 369 g/mol. The zero-order valence-corrected chi connectivity index (χ0v) is 15.3. The van der Waals surface area contributed by atoms with E-state index in [1.807, 2.05) is 30.3 Å². The smallest absolute Gasteiger partial charge is 0.321 e. The summed E-state index contributed by atoms with van der Waals surface area (Å²) in [7, 11) is 1.33. The predicted octanol–water partition coefficient (Wildman–Crippen LogP) is 1.89. The number of amides is 1. The number of nitrogens with zero attached hydrogens (tertiary/aromatic N) is 4. The molecule has 0 spiro atoms. The van der Waals surface area contributed by atoms with Crippen LogP contribution in [0.5, 0.6) is 0 Å². The number of hydrogen-bond acceptors (Lipinski definition) is 6. The van der Waals surface area contributed by atoms with Crippen LogP contribution in [0.1, 0.15) is 44.6 Å². The van der Waals surface area contributed by atoms with Gasteiger partial charge in [-0.3, -0.25) is 9.59 Å². The molecule has 27 heavy (non-hydrogen) atoms. The lowest BCUT2D eigenvalue weighted by atomic mass is 9.91. The normalized spacial score (nSPS) is 23.4. The number of aromatic nitrogens is 4. The van der Waals surface area contributed by atoms with Crippen molar-refractivity contribution in [1.82, 2.24) is 25.5 Å². The Morgan fingerprint density at radius 2 is 1.85 bits per heavy atom. The van der Waals surface area contributed by atoms with Crippen molar-refractivity contribution in [3.05, 3.63) is 30.3 Å². The molecular formula is C19H23N5O3. The summed E-state index contributed by atoms with van der Waals surface area (Å²) in [6.07, 6.45) is 4.53. The van der Waals surface area contributed by atoms with Crippen LogP contribution >= 0.6 is 0 Å². The Labute approximate surface area is 157 Å². The van der Waals surface area contributed by atoms with Crippen molar-refractivity contribution in [2.45, 2.75) is 50.6 Å². The minimum absolute atomic E-state index is 0.0768. The molecule has 0 saturated heterocycles. The largest absolute Gasteiger partial charge is 0.468 e. The van der Waals surface area contributed by atoms with Crippen LogP contribution in [0.2, 0.25) is 0 Å². The highest BCUT2D eigenvalue weighted by atomic mass is 16.5. The van der Waals surface area contributed by atoms with Crippen LogP contribution in [0.3, 0.4) is 0 Å². The molecule has 1 aromatic carbocycles. The molecule has 4 rings (SSSR count). The van der Waals surface area contributed by atoms with Crippen LogP contribution in [0.4, 0.5) is 0 Å². The Balaban J connectivity index is 1.33. The number of carbonyl (C=O) groups is 2. The third kappa shape index (κ3) is 3.43. The number of ether oxygens (including phenoxy) is 1. The molecule has 2 fully saturated rings. The average molecular weight is 369 g/mol. The van der Waals surface area contributed by atoms with Crippen molar-refractivity contribution in [3.63, 3.8) is 0 Å². The summed E-state index contributed by atoms with van der Waals surface area (Å²) in [6.45, 7) is 0. The lowest BCUT2D eigenvalue weighted by molar-refractivity contribution is -0.152. The quantitative estimate of drug-likeness (QED) is 0.638. The molecule has 0 bridgehead atoms. The molecule has 2 aliphatic rings. The minimum Gasteiger partial charge on any atom is -0.468 e. The molecule has 2 aromatic rings. The maximum atomic E-state index is 12.5. The third-order valence-electron chi connectivity index (χ3n) is 5.58. The van der Waals surface area contributed by atoms with Gasteiger partial charge in [0.15, 0.2) is 0 Å². The third-order valence-corrected chi connectivity index (χ3v) is 5.58. The van der Waals surface area contributed by atoms with Gasteiger partial charge in [-0.25, -0.2) is 0 Å². The summed E-state index contributed by atoms with van der Waals surface area (Å²) < 4.78 is 4.77. The van der Waals surface area contributed by atoms with Gasteiger partial charge in [0.1, 0.15) is 5.41 Å². The van der Waals surface area contributed by atoms with Crippen LogP contribution in [0, 0.1) is 5.41 Å². The summed E-state index contributed by atoms with van der Waals surface area (Å²) in [5, 5.41) is 15.9. The van der Waals surface area contributed by atoms with E-state index in [4.69, 9.17) is 4.74 Å². The number of hydrogen-bond donors (Lipinski definition) is 1. The summed E-state index contributed by atoms with van der Waals surface area (Å²) in [5.41, 5.74) is 0.00569. The summed E-state index contributed by atoms with van der Waals surface area (Å²) in [4.78, 5) is 26.0. The zero-order chi connectivity index (χ0) is 18.9. The van der Waals surface area contributed by atoms with E-state index in [1.54, 1.807) is 4.80 Å². The highest BCUT2D eigenvalue weighted by Gasteiger charge is 2.58. The van der Waals surface area contributed by atoms with Gasteiger partial charge >= 0.3 is 5.97 Å². The van der Waals surface area contributed by atoms with E-state index in [0.717, 1.165) is 31.2 Å². The van der Waals surface area contributed by atoms with Gasteiger partial charge in [0.25, 0.3) is 0 Å². The molecule has 8 heteroatoms. The summed E-state index contributed by atoms with van der Waals surface area (Å²) >= 11 is 0. The predicted molar refractivity (Wildman–Crippen MR) is 96.4 cm³/mol.